The summed E-state index contributed by atoms with van der Waals surface area (Å²) in [5.41, 5.74) is 1.57. The van der Waals surface area contributed by atoms with Gasteiger partial charge in [0.05, 0.1) is 4.90 Å². The van der Waals surface area contributed by atoms with Crippen LogP contribution in [0.25, 0.3) is 10.9 Å². The number of benzene rings is 2. The van der Waals surface area contributed by atoms with E-state index in [2.05, 4.69) is 5.32 Å². The van der Waals surface area contributed by atoms with E-state index in [1.165, 1.54) is 12.1 Å². The Balaban J connectivity index is 1.66. The van der Waals surface area contributed by atoms with Crippen LogP contribution in [0.2, 0.25) is 0 Å². The van der Waals surface area contributed by atoms with Gasteiger partial charge in [0.15, 0.2) is 9.84 Å². The Morgan fingerprint density at radius 1 is 1.08 bits per heavy atom. The number of anilines is 1. The molecule has 1 aromatic heterocycles. The van der Waals surface area contributed by atoms with E-state index in [0.29, 0.717) is 18.7 Å². The number of sulfone groups is 1. The lowest BCUT2D eigenvalue weighted by atomic mass is 10.2. The lowest BCUT2D eigenvalue weighted by molar-refractivity contribution is -0.116. The molecule has 0 unspecified atom stereocenters. The van der Waals surface area contributed by atoms with Crippen molar-refractivity contribution in [1.82, 2.24) is 4.57 Å². The largest absolute Gasteiger partial charge is 0.347 e. The molecule has 3 rings (SSSR count). The number of nitrogens with one attached hydrogen (secondary N) is 1. The molecule has 3 aromatic rings. The lowest BCUT2D eigenvalue weighted by Gasteiger charge is -2.08. The summed E-state index contributed by atoms with van der Waals surface area (Å²) in [6, 6.07) is 16.3. The molecule has 0 fully saturated rings. The van der Waals surface area contributed by atoms with Gasteiger partial charge in [0.2, 0.25) is 5.91 Å². The van der Waals surface area contributed by atoms with Gasteiger partial charge in [-0.05, 0) is 35.7 Å². The third kappa shape index (κ3) is 3.65. The standard InChI is InChI=1S/C18H18N2O3S/c1-24(22,23)16-7-4-6-15(13-16)19-18(21)10-12-20-11-9-14-5-2-3-8-17(14)20/h2-9,11,13H,10,12H2,1H3,(H,19,21). The van der Waals surface area contributed by atoms with E-state index in [1.807, 2.05) is 41.1 Å². The molecule has 0 saturated heterocycles. The maximum absolute atomic E-state index is 12.1. The van der Waals surface area contributed by atoms with Gasteiger partial charge >= 0.3 is 0 Å². The summed E-state index contributed by atoms with van der Waals surface area (Å²) in [5, 5.41) is 3.89. The monoisotopic (exact) mass is 342 g/mol. The Bertz CT molecular complexity index is 990. The summed E-state index contributed by atoms with van der Waals surface area (Å²) in [4.78, 5) is 12.3. The molecule has 0 bridgehead atoms. The molecule has 0 atom stereocenters. The first-order valence-electron chi connectivity index (χ1n) is 7.57. The fourth-order valence-electron chi connectivity index (χ4n) is 2.59. The first kappa shape index (κ1) is 16.3. The van der Waals surface area contributed by atoms with Crippen molar-refractivity contribution in [3.8, 4) is 0 Å². The van der Waals surface area contributed by atoms with Crippen molar-refractivity contribution < 1.29 is 13.2 Å². The minimum Gasteiger partial charge on any atom is -0.347 e. The molecule has 0 aliphatic rings. The van der Waals surface area contributed by atoms with Crippen LogP contribution in [0.1, 0.15) is 6.42 Å². The van der Waals surface area contributed by atoms with Crippen molar-refractivity contribution in [2.24, 2.45) is 0 Å². The van der Waals surface area contributed by atoms with Crippen LogP contribution in [-0.4, -0.2) is 25.1 Å². The number of nitrogens with zero attached hydrogens (tertiary/aromatic N) is 1. The van der Waals surface area contributed by atoms with Crippen molar-refractivity contribution in [2.45, 2.75) is 17.9 Å². The molecule has 0 radical (unpaired) electrons. The molecule has 0 aliphatic carbocycles. The molecule has 1 amide bonds. The number of fused-ring (bicyclic) bond motifs is 1. The number of rotatable bonds is 5. The van der Waals surface area contributed by atoms with E-state index >= 15 is 0 Å². The second kappa shape index (κ2) is 6.49. The molecule has 0 saturated carbocycles. The van der Waals surface area contributed by atoms with Crippen LogP contribution in [0.4, 0.5) is 5.69 Å². The van der Waals surface area contributed by atoms with Gasteiger partial charge in [-0.1, -0.05) is 24.3 Å². The van der Waals surface area contributed by atoms with Gasteiger partial charge in [0, 0.05) is 36.6 Å². The summed E-state index contributed by atoms with van der Waals surface area (Å²) >= 11 is 0. The molecule has 1 N–H and O–H groups in total. The van der Waals surface area contributed by atoms with Gasteiger partial charge in [-0.25, -0.2) is 8.42 Å². The van der Waals surface area contributed by atoms with E-state index in [9.17, 15) is 13.2 Å². The van der Waals surface area contributed by atoms with Crippen LogP contribution in [0.15, 0.2) is 65.7 Å². The summed E-state index contributed by atoms with van der Waals surface area (Å²) < 4.78 is 25.2. The maximum Gasteiger partial charge on any atom is 0.226 e. The Morgan fingerprint density at radius 2 is 1.88 bits per heavy atom. The van der Waals surface area contributed by atoms with Crippen LogP contribution >= 0.6 is 0 Å². The number of hydrogen-bond acceptors (Lipinski definition) is 3. The summed E-state index contributed by atoms with van der Waals surface area (Å²) in [6.07, 6.45) is 3.41. The minimum atomic E-state index is -3.29. The van der Waals surface area contributed by atoms with Gasteiger partial charge in [0.25, 0.3) is 0 Å². The number of aryl methyl sites for hydroxylation is 1. The zero-order valence-electron chi connectivity index (χ0n) is 13.3. The number of carbonyl (C=O) groups excluding carboxylic acids is 1. The summed E-state index contributed by atoms with van der Waals surface area (Å²) in [5.74, 6) is -0.154. The van der Waals surface area contributed by atoms with Crippen molar-refractivity contribution in [3.63, 3.8) is 0 Å². The van der Waals surface area contributed by atoms with Crippen LogP contribution in [-0.2, 0) is 21.2 Å². The minimum absolute atomic E-state index is 0.154. The highest BCUT2D eigenvalue weighted by Gasteiger charge is 2.09. The first-order valence-corrected chi connectivity index (χ1v) is 9.46. The van der Waals surface area contributed by atoms with Gasteiger partial charge in [-0.3, -0.25) is 4.79 Å². The topological polar surface area (TPSA) is 68.2 Å². The number of amides is 1. The highest BCUT2D eigenvalue weighted by molar-refractivity contribution is 7.90. The molecular weight excluding hydrogens is 324 g/mol. The maximum atomic E-state index is 12.1. The van der Waals surface area contributed by atoms with E-state index in [4.69, 9.17) is 0 Å². The number of carbonyl (C=O) groups is 1. The normalized spacial score (nSPS) is 11.5. The quantitative estimate of drug-likeness (QED) is 0.775. The van der Waals surface area contributed by atoms with Crippen LogP contribution < -0.4 is 5.32 Å². The van der Waals surface area contributed by atoms with Gasteiger partial charge in [-0.2, -0.15) is 0 Å². The number of para-hydroxylation sites is 1. The molecule has 0 spiro atoms. The zero-order valence-corrected chi connectivity index (χ0v) is 14.1. The van der Waals surface area contributed by atoms with Gasteiger partial charge < -0.3 is 9.88 Å². The molecule has 0 aliphatic heterocycles. The Kier molecular flexibility index (Phi) is 4.40. The summed E-state index contributed by atoms with van der Waals surface area (Å²) in [6.45, 7) is 0.561. The number of hydrogen-bond donors (Lipinski definition) is 1. The van der Waals surface area contributed by atoms with E-state index in [0.717, 1.165) is 17.2 Å². The van der Waals surface area contributed by atoms with Crippen LogP contribution in [0, 0.1) is 0 Å². The SMILES string of the molecule is CS(=O)(=O)c1cccc(NC(=O)CCn2ccc3ccccc32)c1. The van der Waals surface area contributed by atoms with Crippen LogP contribution in [0.5, 0.6) is 0 Å². The van der Waals surface area contributed by atoms with Crippen molar-refractivity contribution in [3.05, 3.63) is 60.8 Å². The molecule has 124 valence electrons. The van der Waals surface area contributed by atoms with Gasteiger partial charge in [-0.15, -0.1) is 0 Å². The number of aromatic nitrogens is 1. The van der Waals surface area contributed by atoms with E-state index in [-0.39, 0.29) is 10.8 Å². The third-order valence-corrected chi connectivity index (χ3v) is 4.92. The summed E-state index contributed by atoms with van der Waals surface area (Å²) in [7, 11) is -3.29. The lowest BCUT2D eigenvalue weighted by Crippen LogP contribution is -2.14. The van der Waals surface area contributed by atoms with Gasteiger partial charge in [0.1, 0.15) is 0 Å². The molecule has 6 heteroatoms. The van der Waals surface area contributed by atoms with Crippen molar-refractivity contribution in [2.75, 3.05) is 11.6 Å². The first-order chi connectivity index (χ1) is 11.4. The second-order valence-corrected chi connectivity index (χ2v) is 7.68. The highest BCUT2D eigenvalue weighted by atomic mass is 32.2. The van der Waals surface area contributed by atoms with Crippen molar-refractivity contribution in [1.29, 1.82) is 0 Å². The highest BCUT2D eigenvalue weighted by Crippen LogP contribution is 2.17. The zero-order chi connectivity index (χ0) is 17.2. The van der Waals surface area contributed by atoms with Crippen LogP contribution in [0.3, 0.4) is 0 Å². The predicted molar refractivity (Wildman–Crippen MR) is 94.7 cm³/mol. The Labute approximate surface area is 140 Å². The Hall–Kier alpha value is -2.60. The second-order valence-electron chi connectivity index (χ2n) is 5.67. The van der Waals surface area contributed by atoms with E-state index < -0.39 is 9.84 Å². The third-order valence-electron chi connectivity index (χ3n) is 3.81. The van der Waals surface area contributed by atoms with E-state index in [1.54, 1.807) is 12.1 Å². The fraction of sp³-hybridized carbons (Fsp3) is 0.167. The molecule has 1 heterocycles. The molecule has 24 heavy (non-hydrogen) atoms. The molecule has 5 nitrogen and oxygen atoms in total. The molecule has 2 aromatic carbocycles. The smallest absolute Gasteiger partial charge is 0.226 e. The average Bonchev–Trinajstić information content (AvgIpc) is 2.96. The average molecular weight is 342 g/mol. The fourth-order valence-corrected chi connectivity index (χ4v) is 3.25. The predicted octanol–water partition coefficient (Wildman–Crippen LogP) is 3.07. The Morgan fingerprint density at radius 3 is 2.67 bits per heavy atom. The molecular formula is C18H18N2O3S. The van der Waals surface area contributed by atoms with Crippen molar-refractivity contribution >= 4 is 32.3 Å².